The Hall–Kier alpha value is -2.82. The van der Waals surface area contributed by atoms with Crippen LogP contribution in [0.2, 0.25) is 0 Å². The minimum Gasteiger partial charge on any atom is -0.496 e. The van der Waals surface area contributed by atoms with E-state index in [9.17, 15) is 9.59 Å². The quantitative estimate of drug-likeness (QED) is 0.627. The third kappa shape index (κ3) is 2.93. The van der Waals surface area contributed by atoms with E-state index in [0.29, 0.717) is 33.8 Å². The highest BCUT2D eigenvalue weighted by Gasteiger charge is 2.15. The number of rotatable bonds is 5. The zero-order valence-electron chi connectivity index (χ0n) is 12.6. The van der Waals surface area contributed by atoms with Crippen molar-refractivity contribution in [3.8, 4) is 22.6 Å². The molecule has 0 saturated heterocycles. The van der Waals surface area contributed by atoms with E-state index >= 15 is 0 Å². The number of hydrogen-bond acceptors (Lipinski definition) is 5. The smallest absolute Gasteiger partial charge is 0.337 e. The molecular weight excluding hydrogens is 284 g/mol. The molecule has 0 spiro atoms. The summed E-state index contributed by atoms with van der Waals surface area (Å²) in [5, 5.41) is 0. The van der Waals surface area contributed by atoms with Crippen LogP contribution in [0.3, 0.4) is 0 Å². The normalized spacial score (nSPS) is 9.95. The topological polar surface area (TPSA) is 61.8 Å². The fraction of sp³-hybridized carbons (Fsp3) is 0.176. The van der Waals surface area contributed by atoms with Crippen molar-refractivity contribution in [3.63, 3.8) is 0 Å². The highest BCUT2D eigenvalue weighted by Crippen LogP contribution is 2.37. The zero-order valence-corrected chi connectivity index (χ0v) is 12.6. The second-order valence-electron chi connectivity index (χ2n) is 4.48. The molecule has 0 aromatic heterocycles. The van der Waals surface area contributed by atoms with Crippen molar-refractivity contribution >= 4 is 12.3 Å². The van der Waals surface area contributed by atoms with E-state index in [0.717, 1.165) is 6.29 Å². The van der Waals surface area contributed by atoms with Gasteiger partial charge in [0.15, 0.2) is 0 Å². The fourth-order valence-electron chi connectivity index (χ4n) is 2.17. The van der Waals surface area contributed by atoms with E-state index in [1.165, 1.54) is 21.3 Å². The van der Waals surface area contributed by atoms with Gasteiger partial charge in [-0.05, 0) is 36.4 Å². The van der Waals surface area contributed by atoms with Crippen LogP contribution in [0, 0.1) is 0 Å². The van der Waals surface area contributed by atoms with E-state index in [1.807, 2.05) is 0 Å². The third-order valence-electron chi connectivity index (χ3n) is 3.27. The maximum absolute atomic E-state index is 11.7. The van der Waals surface area contributed by atoms with Crippen LogP contribution in [-0.4, -0.2) is 33.6 Å². The second-order valence-corrected chi connectivity index (χ2v) is 4.48. The van der Waals surface area contributed by atoms with Crippen molar-refractivity contribution in [2.75, 3.05) is 21.3 Å². The Labute approximate surface area is 128 Å². The molecule has 114 valence electrons. The third-order valence-corrected chi connectivity index (χ3v) is 3.27. The molecule has 2 aromatic rings. The number of benzene rings is 2. The standard InChI is InChI=1S/C17H16O5/c1-20-15-6-4-11(10-18)8-13(15)14-9-12(17(19)22-3)5-7-16(14)21-2/h4-10H,1-3H3. The molecule has 0 heterocycles. The molecule has 5 nitrogen and oxygen atoms in total. The molecule has 0 N–H and O–H groups in total. The molecule has 0 aliphatic heterocycles. The van der Waals surface area contributed by atoms with Gasteiger partial charge in [-0.3, -0.25) is 4.79 Å². The average molecular weight is 300 g/mol. The van der Waals surface area contributed by atoms with Crippen LogP contribution in [0.4, 0.5) is 0 Å². The van der Waals surface area contributed by atoms with Crippen LogP contribution in [-0.2, 0) is 4.74 Å². The van der Waals surface area contributed by atoms with Crippen molar-refractivity contribution in [3.05, 3.63) is 47.5 Å². The first-order chi connectivity index (χ1) is 10.6. The van der Waals surface area contributed by atoms with Crippen molar-refractivity contribution in [2.45, 2.75) is 0 Å². The van der Waals surface area contributed by atoms with Crippen LogP contribution in [0.25, 0.3) is 11.1 Å². The van der Waals surface area contributed by atoms with Crippen LogP contribution in [0.5, 0.6) is 11.5 Å². The van der Waals surface area contributed by atoms with Gasteiger partial charge in [0.2, 0.25) is 0 Å². The van der Waals surface area contributed by atoms with E-state index < -0.39 is 5.97 Å². The summed E-state index contributed by atoms with van der Waals surface area (Å²) in [6.07, 6.45) is 0.750. The molecule has 0 atom stereocenters. The van der Waals surface area contributed by atoms with Crippen molar-refractivity contribution < 1.29 is 23.8 Å². The number of methoxy groups -OCH3 is 3. The van der Waals surface area contributed by atoms with Crippen LogP contribution in [0.1, 0.15) is 20.7 Å². The average Bonchev–Trinajstić information content (AvgIpc) is 2.59. The SMILES string of the molecule is COC(=O)c1ccc(OC)c(-c2cc(C=O)ccc2OC)c1. The molecule has 0 unspecified atom stereocenters. The molecular formula is C17H16O5. The Morgan fingerprint density at radius 1 is 0.909 bits per heavy atom. The summed E-state index contributed by atoms with van der Waals surface area (Å²) >= 11 is 0. The monoisotopic (exact) mass is 300 g/mol. The van der Waals surface area contributed by atoms with Crippen LogP contribution in [0.15, 0.2) is 36.4 Å². The lowest BCUT2D eigenvalue weighted by Crippen LogP contribution is -2.02. The molecule has 0 saturated carbocycles. The van der Waals surface area contributed by atoms with Gasteiger partial charge in [0.1, 0.15) is 17.8 Å². The van der Waals surface area contributed by atoms with E-state index in [4.69, 9.17) is 14.2 Å². The van der Waals surface area contributed by atoms with Gasteiger partial charge in [-0.1, -0.05) is 0 Å². The Bertz CT molecular complexity index is 706. The predicted octanol–water partition coefficient (Wildman–Crippen LogP) is 2.97. The zero-order chi connectivity index (χ0) is 16.1. The maximum Gasteiger partial charge on any atom is 0.337 e. The molecule has 22 heavy (non-hydrogen) atoms. The minimum absolute atomic E-state index is 0.386. The molecule has 2 rings (SSSR count). The molecule has 0 aliphatic rings. The first-order valence-electron chi connectivity index (χ1n) is 6.54. The fourth-order valence-corrected chi connectivity index (χ4v) is 2.17. The van der Waals surface area contributed by atoms with Crippen LogP contribution < -0.4 is 9.47 Å². The Balaban J connectivity index is 2.68. The summed E-state index contributed by atoms with van der Waals surface area (Å²) in [6, 6.07) is 9.98. The van der Waals surface area contributed by atoms with Crippen LogP contribution >= 0.6 is 0 Å². The summed E-state index contributed by atoms with van der Waals surface area (Å²) < 4.78 is 15.4. The predicted molar refractivity (Wildman–Crippen MR) is 81.7 cm³/mol. The van der Waals surface area contributed by atoms with Gasteiger partial charge < -0.3 is 14.2 Å². The van der Waals surface area contributed by atoms with Gasteiger partial charge in [-0.15, -0.1) is 0 Å². The number of carbonyl (C=O) groups is 2. The number of hydrogen-bond donors (Lipinski definition) is 0. The van der Waals surface area contributed by atoms with Gasteiger partial charge in [0.05, 0.1) is 26.9 Å². The summed E-state index contributed by atoms with van der Waals surface area (Å²) in [5.41, 5.74) is 2.19. The van der Waals surface area contributed by atoms with E-state index in [2.05, 4.69) is 0 Å². The molecule has 2 aromatic carbocycles. The molecule has 0 amide bonds. The highest BCUT2D eigenvalue weighted by atomic mass is 16.5. The van der Waals surface area contributed by atoms with E-state index in [1.54, 1.807) is 36.4 Å². The molecule has 0 aliphatic carbocycles. The molecule has 0 radical (unpaired) electrons. The first-order valence-corrected chi connectivity index (χ1v) is 6.54. The van der Waals surface area contributed by atoms with Crippen molar-refractivity contribution in [1.29, 1.82) is 0 Å². The van der Waals surface area contributed by atoms with Gasteiger partial charge >= 0.3 is 5.97 Å². The lowest BCUT2D eigenvalue weighted by atomic mass is 9.99. The number of ether oxygens (including phenoxy) is 3. The maximum atomic E-state index is 11.7. The summed E-state index contributed by atoms with van der Waals surface area (Å²) in [7, 11) is 4.39. The highest BCUT2D eigenvalue weighted by molar-refractivity contribution is 5.93. The van der Waals surface area contributed by atoms with Gasteiger partial charge in [-0.25, -0.2) is 4.79 Å². The van der Waals surface area contributed by atoms with Gasteiger partial charge in [0.25, 0.3) is 0 Å². The number of esters is 1. The molecule has 5 heteroatoms. The number of aldehydes is 1. The first kappa shape index (κ1) is 15.6. The molecule has 0 fully saturated rings. The lowest BCUT2D eigenvalue weighted by molar-refractivity contribution is 0.0600. The summed E-state index contributed by atoms with van der Waals surface area (Å²) in [6.45, 7) is 0. The van der Waals surface area contributed by atoms with Gasteiger partial charge in [-0.2, -0.15) is 0 Å². The van der Waals surface area contributed by atoms with Gasteiger partial charge in [0, 0.05) is 16.7 Å². The minimum atomic E-state index is -0.450. The lowest BCUT2D eigenvalue weighted by Gasteiger charge is -2.14. The summed E-state index contributed by atoms with van der Waals surface area (Å²) in [5.74, 6) is 0.689. The van der Waals surface area contributed by atoms with Crippen molar-refractivity contribution in [2.24, 2.45) is 0 Å². The Kier molecular flexibility index (Phi) is 4.78. The summed E-state index contributed by atoms with van der Waals surface area (Å²) in [4.78, 5) is 22.7. The molecule has 0 bridgehead atoms. The largest absolute Gasteiger partial charge is 0.496 e. The Morgan fingerprint density at radius 3 is 2.05 bits per heavy atom. The number of carbonyl (C=O) groups excluding carboxylic acids is 2. The van der Waals surface area contributed by atoms with E-state index in [-0.39, 0.29) is 0 Å². The van der Waals surface area contributed by atoms with Crippen molar-refractivity contribution in [1.82, 2.24) is 0 Å². The second kappa shape index (κ2) is 6.76. The Morgan fingerprint density at radius 2 is 1.50 bits per heavy atom.